The number of hydrogen-bond donors (Lipinski definition) is 1. The highest BCUT2D eigenvalue weighted by atomic mass is 16.5. The molecule has 7 nitrogen and oxygen atoms in total. The quantitative estimate of drug-likeness (QED) is 0.620. The number of carbonyl (C=O) groups is 1. The molecule has 3 aromatic rings. The number of piperidine rings is 1. The molecular formula is C24H31N5O2. The number of nitrogens with one attached hydrogen (secondary N) is 1. The molecule has 2 aliphatic heterocycles. The zero-order valence-corrected chi connectivity index (χ0v) is 18.0. The Kier molecular flexibility index (Phi) is 6.04. The van der Waals surface area contributed by atoms with Crippen molar-refractivity contribution in [2.24, 2.45) is 5.92 Å². The molecule has 4 heterocycles. The molecular weight excluding hydrogens is 390 g/mol. The number of rotatable bonds is 6. The number of aromatic nitrogens is 2. The van der Waals surface area contributed by atoms with Gasteiger partial charge in [-0.25, -0.2) is 4.98 Å². The molecule has 164 valence electrons. The Morgan fingerprint density at radius 2 is 1.81 bits per heavy atom. The third-order valence-corrected chi connectivity index (χ3v) is 6.56. The summed E-state index contributed by atoms with van der Waals surface area (Å²) in [5.41, 5.74) is 3.25. The molecule has 1 aromatic carbocycles. The van der Waals surface area contributed by atoms with E-state index in [1.54, 1.807) is 0 Å². The topological polar surface area (TPSA) is 62.1 Å². The number of para-hydroxylation sites is 2. The molecule has 31 heavy (non-hydrogen) atoms. The Hall–Kier alpha value is -2.64. The normalized spacial score (nSPS) is 18.6. The maximum absolute atomic E-state index is 12.7. The highest BCUT2D eigenvalue weighted by Gasteiger charge is 2.26. The molecule has 2 fully saturated rings. The lowest BCUT2D eigenvalue weighted by atomic mass is 9.96. The van der Waals surface area contributed by atoms with Crippen LogP contribution < -0.4 is 10.2 Å². The monoisotopic (exact) mass is 421 g/mol. The summed E-state index contributed by atoms with van der Waals surface area (Å²) >= 11 is 0. The highest BCUT2D eigenvalue weighted by molar-refractivity contribution is 5.85. The molecule has 0 aliphatic carbocycles. The van der Waals surface area contributed by atoms with Gasteiger partial charge in [0, 0.05) is 44.8 Å². The van der Waals surface area contributed by atoms with Gasteiger partial charge in [-0.3, -0.25) is 9.69 Å². The first kappa shape index (κ1) is 20.3. The van der Waals surface area contributed by atoms with Gasteiger partial charge in [0.2, 0.25) is 5.91 Å². The van der Waals surface area contributed by atoms with Crippen molar-refractivity contribution in [2.75, 3.05) is 57.4 Å². The molecule has 1 amide bonds. The first-order chi connectivity index (χ1) is 15.3. The molecule has 2 saturated heterocycles. The lowest BCUT2D eigenvalue weighted by Gasteiger charge is -2.33. The van der Waals surface area contributed by atoms with Gasteiger partial charge in [-0.05, 0) is 50.1 Å². The number of morpholine rings is 1. The second-order valence-corrected chi connectivity index (χ2v) is 8.55. The zero-order chi connectivity index (χ0) is 21.0. The minimum absolute atomic E-state index is 0.0999. The average molecular weight is 422 g/mol. The van der Waals surface area contributed by atoms with E-state index in [1.807, 2.05) is 12.1 Å². The molecule has 0 unspecified atom stereocenters. The number of nitrogens with zero attached hydrogens (tertiary/aromatic N) is 4. The maximum Gasteiger partial charge on any atom is 0.223 e. The van der Waals surface area contributed by atoms with Gasteiger partial charge in [0.1, 0.15) is 0 Å². The van der Waals surface area contributed by atoms with Crippen LogP contribution in [0.5, 0.6) is 0 Å². The van der Waals surface area contributed by atoms with E-state index in [2.05, 4.69) is 50.0 Å². The van der Waals surface area contributed by atoms with Crippen molar-refractivity contribution in [3.8, 4) is 0 Å². The Balaban J connectivity index is 1.16. The van der Waals surface area contributed by atoms with Crippen LogP contribution in [0.1, 0.15) is 19.3 Å². The third kappa shape index (κ3) is 4.38. The van der Waals surface area contributed by atoms with Crippen LogP contribution in [0.2, 0.25) is 0 Å². The van der Waals surface area contributed by atoms with Crippen molar-refractivity contribution in [1.82, 2.24) is 19.6 Å². The maximum atomic E-state index is 12.7. The summed E-state index contributed by atoms with van der Waals surface area (Å²) in [6, 6.07) is 12.5. The molecule has 1 N–H and O–H groups in total. The second-order valence-electron chi connectivity index (χ2n) is 8.55. The summed E-state index contributed by atoms with van der Waals surface area (Å²) in [6.07, 6.45) is 4.84. The number of carbonyl (C=O) groups excluding carboxylic acids is 1. The molecule has 0 atom stereocenters. The number of hydrogen-bond acceptors (Lipinski definition) is 5. The van der Waals surface area contributed by atoms with Gasteiger partial charge in [-0.15, -0.1) is 0 Å². The molecule has 0 spiro atoms. The van der Waals surface area contributed by atoms with Crippen LogP contribution in [-0.4, -0.2) is 72.7 Å². The second kappa shape index (κ2) is 9.24. The van der Waals surface area contributed by atoms with Crippen molar-refractivity contribution >= 4 is 28.3 Å². The first-order valence-electron chi connectivity index (χ1n) is 11.5. The molecule has 7 heteroatoms. The molecule has 0 saturated carbocycles. The van der Waals surface area contributed by atoms with Crippen LogP contribution in [-0.2, 0) is 9.53 Å². The van der Waals surface area contributed by atoms with E-state index in [0.29, 0.717) is 0 Å². The predicted molar refractivity (Wildman–Crippen MR) is 123 cm³/mol. The van der Waals surface area contributed by atoms with Crippen molar-refractivity contribution in [1.29, 1.82) is 0 Å². The van der Waals surface area contributed by atoms with Crippen molar-refractivity contribution in [3.05, 3.63) is 42.6 Å². The fourth-order valence-electron chi connectivity index (χ4n) is 4.78. The minimum atomic E-state index is 0.0999. The van der Waals surface area contributed by atoms with Gasteiger partial charge in [0.25, 0.3) is 0 Å². The standard InChI is InChI=1S/C24H31N5O2/c30-24(25-10-4-11-27-15-17-31-18-16-27)19-8-13-28(14-9-19)23-22-7-3-12-29(22)21-6-2-1-5-20(21)26-23/h1-3,5-7,12,19H,4,8-11,13-18H2,(H,25,30). The largest absolute Gasteiger partial charge is 0.379 e. The van der Waals surface area contributed by atoms with Crippen LogP contribution in [0.15, 0.2) is 42.6 Å². The lowest BCUT2D eigenvalue weighted by molar-refractivity contribution is -0.125. The van der Waals surface area contributed by atoms with E-state index in [4.69, 9.17) is 9.72 Å². The van der Waals surface area contributed by atoms with Crippen LogP contribution in [0.25, 0.3) is 16.6 Å². The van der Waals surface area contributed by atoms with Gasteiger partial charge in [-0.1, -0.05) is 12.1 Å². The smallest absolute Gasteiger partial charge is 0.223 e. The van der Waals surface area contributed by atoms with Crippen LogP contribution >= 0.6 is 0 Å². The number of fused-ring (bicyclic) bond motifs is 3. The summed E-state index contributed by atoms with van der Waals surface area (Å²) in [7, 11) is 0. The van der Waals surface area contributed by atoms with Gasteiger partial charge < -0.3 is 19.4 Å². The number of amides is 1. The van der Waals surface area contributed by atoms with Crippen molar-refractivity contribution in [2.45, 2.75) is 19.3 Å². The average Bonchev–Trinajstić information content (AvgIpc) is 3.32. The number of ether oxygens (including phenoxy) is 1. The molecule has 2 aromatic heterocycles. The third-order valence-electron chi connectivity index (χ3n) is 6.56. The van der Waals surface area contributed by atoms with Crippen molar-refractivity contribution in [3.63, 3.8) is 0 Å². The highest BCUT2D eigenvalue weighted by Crippen LogP contribution is 2.29. The molecule has 0 bridgehead atoms. The predicted octanol–water partition coefficient (Wildman–Crippen LogP) is 2.54. The van der Waals surface area contributed by atoms with Gasteiger partial charge >= 0.3 is 0 Å². The Morgan fingerprint density at radius 3 is 2.65 bits per heavy atom. The van der Waals surface area contributed by atoms with Crippen LogP contribution in [0.4, 0.5) is 5.82 Å². The number of anilines is 1. The van der Waals surface area contributed by atoms with E-state index >= 15 is 0 Å². The van der Waals surface area contributed by atoms with E-state index in [-0.39, 0.29) is 11.8 Å². The van der Waals surface area contributed by atoms with Gasteiger partial charge in [-0.2, -0.15) is 0 Å². The fraction of sp³-hybridized carbons (Fsp3) is 0.500. The number of benzene rings is 1. The van der Waals surface area contributed by atoms with Crippen LogP contribution in [0.3, 0.4) is 0 Å². The fourth-order valence-corrected chi connectivity index (χ4v) is 4.78. The summed E-state index contributed by atoms with van der Waals surface area (Å²) in [4.78, 5) is 22.4. The van der Waals surface area contributed by atoms with E-state index in [1.165, 1.54) is 0 Å². The lowest BCUT2D eigenvalue weighted by Crippen LogP contribution is -2.42. The Bertz CT molecular complexity index is 1030. The molecule has 0 radical (unpaired) electrons. The van der Waals surface area contributed by atoms with Gasteiger partial charge in [0.05, 0.1) is 29.8 Å². The van der Waals surface area contributed by atoms with E-state index in [9.17, 15) is 4.79 Å². The zero-order valence-electron chi connectivity index (χ0n) is 18.0. The van der Waals surface area contributed by atoms with Gasteiger partial charge in [0.15, 0.2) is 5.82 Å². The minimum Gasteiger partial charge on any atom is -0.379 e. The van der Waals surface area contributed by atoms with Crippen LogP contribution in [0, 0.1) is 5.92 Å². The summed E-state index contributed by atoms with van der Waals surface area (Å²) < 4.78 is 7.60. The summed E-state index contributed by atoms with van der Waals surface area (Å²) in [6.45, 7) is 7.17. The Labute approximate surface area is 183 Å². The SMILES string of the molecule is O=C(NCCCN1CCOCC1)C1CCN(c2nc3ccccc3n3cccc23)CC1. The molecule has 2 aliphatic rings. The molecule has 5 rings (SSSR count). The Morgan fingerprint density at radius 1 is 1.03 bits per heavy atom. The summed E-state index contributed by atoms with van der Waals surface area (Å²) in [5.74, 6) is 1.33. The van der Waals surface area contributed by atoms with E-state index < -0.39 is 0 Å². The van der Waals surface area contributed by atoms with Crippen molar-refractivity contribution < 1.29 is 9.53 Å². The summed E-state index contributed by atoms with van der Waals surface area (Å²) in [5, 5.41) is 3.16. The first-order valence-corrected chi connectivity index (χ1v) is 11.5. The van der Waals surface area contributed by atoms with E-state index in [0.717, 1.165) is 94.1 Å².